The number of nitrogens with zero attached hydrogens (tertiary/aromatic N) is 4. The molecule has 1 N–H and O–H groups in total. The molecule has 0 fully saturated rings. The van der Waals surface area contributed by atoms with E-state index in [1.807, 2.05) is 20.9 Å². The van der Waals surface area contributed by atoms with Crippen LogP contribution in [-0.2, 0) is 11.8 Å². The van der Waals surface area contributed by atoms with E-state index in [0.717, 1.165) is 22.6 Å². The molecule has 1 aromatic carbocycles. The second kappa shape index (κ2) is 7.65. The van der Waals surface area contributed by atoms with Crippen LogP contribution >= 0.6 is 11.8 Å². The molecule has 3 rings (SSSR count). The number of nitrogens with one attached hydrogen (secondary N) is 1. The van der Waals surface area contributed by atoms with Crippen molar-refractivity contribution < 1.29 is 9.18 Å². The lowest BCUT2D eigenvalue weighted by Gasteiger charge is -2.06. The molecule has 2 heterocycles. The number of hydrogen-bond acceptors (Lipinski definition) is 5. The van der Waals surface area contributed by atoms with Gasteiger partial charge in [0.2, 0.25) is 5.91 Å². The molecule has 0 bridgehead atoms. The van der Waals surface area contributed by atoms with Crippen molar-refractivity contribution >= 4 is 23.4 Å². The zero-order valence-electron chi connectivity index (χ0n) is 14.7. The number of thioether (sulfide) groups is 1. The van der Waals surface area contributed by atoms with E-state index >= 15 is 0 Å². The van der Waals surface area contributed by atoms with E-state index < -0.39 is 0 Å². The molecule has 0 saturated heterocycles. The maximum absolute atomic E-state index is 13.0. The average molecular weight is 371 g/mol. The molecule has 0 saturated carbocycles. The normalized spacial score (nSPS) is 10.8. The van der Waals surface area contributed by atoms with Gasteiger partial charge in [0.15, 0.2) is 5.16 Å². The molecular weight excluding hydrogens is 353 g/mol. The third-order valence-electron chi connectivity index (χ3n) is 3.88. The number of halogens is 1. The van der Waals surface area contributed by atoms with Crippen LogP contribution in [0.4, 0.5) is 10.1 Å². The SMILES string of the molecule is Cc1nn(C)c(C)c1NC(=O)CSc1nccc(-c2ccc(F)cc2)n1. The van der Waals surface area contributed by atoms with E-state index in [-0.39, 0.29) is 17.5 Å². The predicted molar refractivity (Wildman–Crippen MR) is 99.5 cm³/mol. The summed E-state index contributed by atoms with van der Waals surface area (Å²) in [6, 6.07) is 7.84. The second-order valence-electron chi connectivity index (χ2n) is 5.74. The quantitative estimate of drug-likeness (QED) is 0.550. The van der Waals surface area contributed by atoms with Crippen LogP contribution in [-0.4, -0.2) is 31.4 Å². The Morgan fingerprint density at radius 3 is 2.62 bits per heavy atom. The standard InChI is InChI=1S/C18H18FN5OS/c1-11-17(12(2)24(3)23-11)22-16(25)10-26-18-20-9-8-15(21-18)13-4-6-14(19)7-5-13/h4-9H,10H2,1-3H3,(H,22,25). The van der Waals surface area contributed by atoms with E-state index in [0.29, 0.717) is 10.9 Å². The Kier molecular flexibility index (Phi) is 5.32. The highest BCUT2D eigenvalue weighted by atomic mass is 32.2. The molecule has 2 aromatic heterocycles. The smallest absolute Gasteiger partial charge is 0.234 e. The lowest BCUT2D eigenvalue weighted by atomic mass is 10.1. The maximum atomic E-state index is 13.0. The first-order valence-corrected chi connectivity index (χ1v) is 8.94. The van der Waals surface area contributed by atoms with E-state index in [2.05, 4.69) is 20.4 Å². The number of anilines is 1. The Morgan fingerprint density at radius 2 is 1.96 bits per heavy atom. The molecule has 0 radical (unpaired) electrons. The Labute approximate surface area is 154 Å². The summed E-state index contributed by atoms with van der Waals surface area (Å²) in [6.45, 7) is 3.75. The van der Waals surface area contributed by atoms with Crippen molar-refractivity contribution in [2.75, 3.05) is 11.1 Å². The number of amides is 1. The zero-order chi connectivity index (χ0) is 18.7. The highest BCUT2D eigenvalue weighted by Gasteiger charge is 2.13. The summed E-state index contributed by atoms with van der Waals surface area (Å²) in [5, 5.41) is 7.65. The van der Waals surface area contributed by atoms with Gasteiger partial charge in [-0.2, -0.15) is 5.10 Å². The van der Waals surface area contributed by atoms with Crippen molar-refractivity contribution in [3.63, 3.8) is 0 Å². The summed E-state index contributed by atoms with van der Waals surface area (Å²) >= 11 is 1.24. The largest absolute Gasteiger partial charge is 0.322 e. The third kappa shape index (κ3) is 4.08. The second-order valence-corrected chi connectivity index (χ2v) is 6.68. The van der Waals surface area contributed by atoms with Gasteiger partial charge < -0.3 is 5.32 Å². The topological polar surface area (TPSA) is 72.7 Å². The van der Waals surface area contributed by atoms with Crippen LogP contribution in [0.25, 0.3) is 11.3 Å². The first kappa shape index (κ1) is 18.1. The summed E-state index contributed by atoms with van der Waals surface area (Å²) in [5.74, 6) is -0.263. The van der Waals surface area contributed by atoms with Crippen LogP contribution in [0, 0.1) is 19.7 Å². The molecular formula is C18H18FN5OS. The number of carbonyl (C=O) groups excluding carboxylic acids is 1. The average Bonchev–Trinajstić information content (AvgIpc) is 2.87. The van der Waals surface area contributed by atoms with Crippen molar-refractivity contribution in [1.82, 2.24) is 19.7 Å². The predicted octanol–water partition coefficient (Wildman–Crippen LogP) is 3.36. The van der Waals surface area contributed by atoms with E-state index in [4.69, 9.17) is 0 Å². The van der Waals surface area contributed by atoms with Crippen LogP contribution in [0.5, 0.6) is 0 Å². The number of benzene rings is 1. The number of rotatable bonds is 5. The highest BCUT2D eigenvalue weighted by molar-refractivity contribution is 7.99. The van der Waals surface area contributed by atoms with Gasteiger partial charge in [-0.3, -0.25) is 9.48 Å². The molecule has 134 valence electrons. The number of aromatic nitrogens is 4. The first-order chi connectivity index (χ1) is 12.4. The van der Waals surface area contributed by atoms with Gasteiger partial charge in [-0.25, -0.2) is 14.4 Å². The van der Waals surface area contributed by atoms with Gasteiger partial charge in [0.05, 0.1) is 28.5 Å². The molecule has 0 aliphatic heterocycles. The van der Waals surface area contributed by atoms with Gasteiger partial charge in [0.25, 0.3) is 0 Å². The van der Waals surface area contributed by atoms with Crippen LogP contribution in [0.15, 0.2) is 41.7 Å². The van der Waals surface area contributed by atoms with Crippen molar-refractivity contribution in [3.8, 4) is 11.3 Å². The summed E-state index contributed by atoms with van der Waals surface area (Å²) in [7, 11) is 1.83. The van der Waals surface area contributed by atoms with Crippen molar-refractivity contribution in [2.45, 2.75) is 19.0 Å². The van der Waals surface area contributed by atoms with Gasteiger partial charge >= 0.3 is 0 Å². The molecule has 0 atom stereocenters. The molecule has 0 aliphatic carbocycles. The van der Waals surface area contributed by atoms with E-state index in [1.54, 1.807) is 29.1 Å². The fraction of sp³-hybridized carbons (Fsp3) is 0.222. The Morgan fingerprint density at radius 1 is 1.23 bits per heavy atom. The zero-order valence-corrected chi connectivity index (χ0v) is 15.5. The summed E-state index contributed by atoms with van der Waals surface area (Å²) in [5.41, 5.74) is 3.89. The summed E-state index contributed by atoms with van der Waals surface area (Å²) in [4.78, 5) is 20.8. The van der Waals surface area contributed by atoms with Gasteiger partial charge in [-0.05, 0) is 44.2 Å². The lowest BCUT2D eigenvalue weighted by molar-refractivity contribution is -0.113. The third-order valence-corrected chi connectivity index (χ3v) is 4.74. The number of hydrogen-bond donors (Lipinski definition) is 1. The Balaban J connectivity index is 1.65. The first-order valence-electron chi connectivity index (χ1n) is 7.96. The fourth-order valence-electron chi connectivity index (χ4n) is 2.45. The van der Waals surface area contributed by atoms with E-state index in [1.165, 1.54) is 23.9 Å². The highest BCUT2D eigenvalue weighted by Crippen LogP contribution is 2.22. The number of carbonyl (C=O) groups is 1. The van der Waals surface area contributed by atoms with Gasteiger partial charge in [0.1, 0.15) is 5.82 Å². The van der Waals surface area contributed by atoms with Crippen molar-refractivity contribution in [1.29, 1.82) is 0 Å². The Bertz CT molecular complexity index is 939. The summed E-state index contributed by atoms with van der Waals surface area (Å²) in [6.07, 6.45) is 1.63. The Hall–Kier alpha value is -2.74. The minimum absolute atomic E-state index is 0.148. The molecule has 6 nitrogen and oxygen atoms in total. The molecule has 0 spiro atoms. The molecule has 26 heavy (non-hydrogen) atoms. The monoisotopic (exact) mass is 371 g/mol. The lowest BCUT2D eigenvalue weighted by Crippen LogP contribution is -2.15. The molecule has 1 amide bonds. The fourth-order valence-corrected chi connectivity index (χ4v) is 3.08. The van der Waals surface area contributed by atoms with Gasteiger partial charge in [-0.15, -0.1) is 0 Å². The minimum atomic E-state index is -0.296. The van der Waals surface area contributed by atoms with Gasteiger partial charge in [-0.1, -0.05) is 11.8 Å². The van der Waals surface area contributed by atoms with Crippen LogP contribution in [0.3, 0.4) is 0 Å². The van der Waals surface area contributed by atoms with Crippen LogP contribution < -0.4 is 5.32 Å². The van der Waals surface area contributed by atoms with Crippen LogP contribution in [0.1, 0.15) is 11.4 Å². The van der Waals surface area contributed by atoms with Crippen molar-refractivity contribution in [2.24, 2.45) is 7.05 Å². The minimum Gasteiger partial charge on any atom is -0.322 e. The molecule has 8 heteroatoms. The van der Waals surface area contributed by atoms with Crippen LogP contribution in [0.2, 0.25) is 0 Å². The maximum Gasteiger partial charge on any atom is 0.234 e. The molecule has 0 aliphatic rings. The molecule has 0 unspecified atom stereocenters. The summed E-state index contributed by atoms with van der Waals surface area (Å²) < 4.78 is 14.8. The molecule has 3 aromatic rings. The van der Waals surface area contributed by atoms with Gasteiger partial charge in [0, 0.05) is 18.8 Å². The number of aryl methyl sites for hydroxylation is 2. The van der Waals surface area contributed by atoms with E-state index in [9.17, 15) is 9.18 Å². The van der Waals surface area contributed by atoms with Crippen molar-refractivity contribution in [3.05, 3.63) is 53.7 Å².